The number of rotatable bonds is 4. The molecule has 3 nitrogen and oxygen atoms in total. The number of halogens is 1. The van der Waals surface area contributed by atoms with Crippen LogP contribution in [0.1, 0.15) is 59.7 Å². The van der Waals surface area contributed by atoms with Gasteiger partial charge in [-0.15, -0.1) is 11.3 Å². The van der Waals surface area contributed by atoms with Gasteiger partial charge in [0, 0.05) is 26.8 Å². The SMILES string of the molecule is Cc1sc(C(O)Cc2ccn(C3CCCCC3)n2)cc1Br. The van der Waals surface area contributed by atoms with Gasteiger partial charge in [-0.05, 0) is 47.8 Å². The van der Waals surface area contributed by atoms with Crippen LogP contribution in [-0.2, 0) is 6.42 Å². The molecule has 1 N–H and O–H groups in total. The number of hydrogen-bond acceptors (Lipinski definition) is 3. The van der Waals surface area contributed by atoms with Crippen molar-refractivity contribution in [2.45, 2.75) is 57.6 Å². The van der Waals surface area contributed by atoms with Gasteiger partial charge in [0.1, 0.15) is 0 Å². The van der Waals surface area contributed by atoms with E-state index in [1.165, 1.54) is 37.0 Å². The fourth-order valence-corrected chi connectivity index (χ4v) is 4.53. The number of aliphatic hydroxyl groups is 1. The lowest BCUT2D eigenvalue weighted by atomic mass is 9.96. The normalized spacial score (nSPS) is 18.0. The fourth-order valence-electron chi connectivity index (χ4n) is 2.98. The topological polar surface area (TPSA) is 38.0 Å². The third-order valence-electron chi connectivity index (χ3n) is 4.22. The molecule has 1 aliphatic carbocycles. The van der Waals surface area contributed by atoms with Crippen LogP contribution >= 0.6 is 27.3 Å². The second-order valence-electron chi connectivity index (χ2n) is 5.85. The van der Waals surface area contributed by atoms with Crippen molar-refractivity contribution in [1.29, 1.82) is 0 Å². The lowest BCUT2D eigenvalue weighted by molar-refractivity contribution is 0.180. The molecule has 1 fully saturated rings. The van der Waals surface area contributed by atoms with E-state index in [4.69, 9.17) is 0 Å². The molecule has 0 aromatic carbocycles. The summed E-state index contributed by atoms with van der Waals surface area (Å²) in [5.41, 5.74) is 0.982. The first-order valence-corrected chi connectivity index (χ1v) is 9.22. The largest absolute Gasteiger partial charge is 0.387 e. The van der Waals surface area contributed by atoms with Crippen LogP contribution in [0.4, 0.5) is 0 Å². The highest BCUT2D eigenvalue weighted by Crippen LogP contribution is 2.32. The van der Waals surface area contributed by atoms with Crippen LogP contribution < -0.4 is 0 Å². The van der Waals surface area contributed by atoms with E-state index >= 15 is 0 Å². The first-order chi connectivity index (χ1) is 10.1. The summed E-state index contributed by atoms with van der Waals surface area (Å²) >= 11 is 5.15. The van der Waals surface area contributed by atoms with E-state index in [0.29, 0.717) is 12.5 Å². The number of nitrogens with zero attached hydrogens (tertiary/aromatic N) is 2. The highest BCUT2D eigenvalue weighted by molar-refractivity contribution is 9.10. The van der Waals surface area contributed by atoms with Crippen LogP contribution in [0.5, 0.6) is 0 Å². The van der Waals surface area contributed by atoms with E-state index in [-0.39, 0.29) is 0 Å². The molecule has 0 spiro atoms. The van der Waals surface area contributed by atoms with Gasteiger partial charge in [0.2, 0.25) is 0 Å². The predicted octanol–water partition coefficient (Wildman–Crippen LogP) is 4.80. The van der Waals surface area contributed by atoms with Crippen molar-refractivity contribution < 1.29 is 5.11 Å². The highest BCUT2D eigenvalue weighted by Gasteiger charge is 2.18. The molecule has 5 heteroatoms. The predicted molar refractivity (Wildman–Crippen MR) is 89.8 cm³/mol. The maximum atomic E-state index is 10.4. The maximum absolute atomic E-state index is 10.4. The van der Waals surface area contributed by atoms with E-state index in [9.17, 15) is 5.11 Å². The van der Waals surface area contributed by atoms with Gasteiger partial charge in [-0.3, -0.25) is 4.68 Å². The molecule has 0 aliphatic heterocycles. The Kier molecular flexibility index (Phi) is 4.82. The number of thiophene rings is 1. The highest BCUT2D eigenvalue weighted by atomic mass is 79.9. The molecular formula is C16H21BrN2OS. The van der Waals surface area contributed by atoms with Crippen molar-refractivity contribution in [3.05, 3.63) is 38.3 Å². The standard InChI is InChI=1S/C16H21BrN2OS/c1-11-14(17)10-16(21-11)15(20)9-12-7-8-19(18-12)13-5-3-2-4-6-13/h7-8,10,13,15,20H,2-6,9H2,1H3. The first kappa shape index (κ1) is 15.3. The van der Waals surface area contributed by atoms with Gasteiger partial charge < -0.3 is 5.11 Å². The van der Waals surface area contributed by atoms with Gasteiger partial charge in [0.25, 0.3) is 0 Å². The summed E-state index contributed by atoms with van der Waals surface area (Å²) in [7, 11) is 0. The van der Waals surface area contributed by atoms with E-state index < -0.39 is 6.10 Å². The summed E-state index contributed by atoms with van der Waals surface area (Å²) in [6.07, 6.45) is 8.65. The fraction of sp³-hybridized carbons (Fsp3) is 0.562. The van der Waals surface area contributed by atoms with E-state index in [1.54, 1.807) is 11.3 Å². The Labute approximate surface area is 138 Å². The van der Waals surface area contributed by atoms with Crippen molar-refractivity contribution in [1.82, 2.24) is 9.78 Å². The molecule has 114 valence electrons. The smallest absolute Gasteiger partial charge is 0.0938 e. The van der Waals surface area contributed by atoms with E-state index in [0.717, 1.165) is 15.0 Å². The molecule has 2 aromatic heterocycles. The second-order valence-corrected chi connectivity index (χ2v) is 7.99. The van der Waals surface area contributed by atoms with Crippen molar-refractivity contribution in [2.24, 2.45) is 0 Å². The van der Waals surface area contributed by atoms with Crippen molar-refractivity contribution in [3.63, 3.8) is 0 Å². The number of hydrogen-bond donors (Lipinski definition) is 1. The minimum absolute atomic E-state index is 0.463. The number of aryl methyl sites for hydroxylation is 1. The molecule has 21 heavy (non-hydrogen) atoms. The zero-order valence-electron chi connectivity index (χ0n) is 12.3. The summed E-state index contributed by atoms with van der Waals surface area (Å²) < 4.78 is 3.19. The van der Waals surface area contributed by atoms with Crippen molar-refractivity contribution in [2.75, 3.05) is 0 Å². The summed E-state index contributed by atoms with van der Waals surface area (Å²) in [6.45, 7) is 2.06. The third kappa shape index (κ3) is 3.58. The molecule has 3 rings (SSSR count). The maximum Gasteiger partial charge on any atom is 0.0938 e. The lowest BCUT2D eigenvalue weighted by Crippen LogP contribution is -2.13. The second kappa shape index (κ2) is 6.63. The summed E-state index contributed by atoms with van der Waals surface area (Å²) in [5, 5.41) is 15.0. The molecule has 2 heterocycles. The average molecular weight is 369 g/mol. The Morgan fingerprint density at radius 3 is 2.86 bits per heavy atom. The molecular weight excluding hydrogens is 348 g/mol. The van der Waals surface area contributed by atoms with Crippen LogP contribution in [0.25, 0.3) is 0 Å². The molecule has 1 unspecified atom stereocenters. The Morgan fingerprint density at radius 2 is 2.19 bits per heavy atom. The minimum atomic E-state index is -0.463. The molecule has 0 amide bonds. The molecule has 1 aliphatic rings. The average Bonchev–Trinajstić information content (AvgIpc) is 3.08. The Morgan fingerprint density at radius 1 is 1.43 bits per heavy atom. The Bertz CT molecular complexity index is 582. The van der Waals surface area contributed by atoms with Crippen LogP contribution in [0, 0.1) is 6.92 Å². The van der Waals surface area contributed by atoms with Crippen molar-refractivity contribution in [3.8, 4) is 0 Å². The van der Waals surface area contributed by atoms with Crippen LogP contribution in [-0.4, -0.2) is 14.9 Å². The minimum Gasteiger partial charge on any atom is -0.387 e. The lowest BCUT2D eigenvalue weighted by Gasteiger charge is -2.21. The monoisotopic (exact) mass is 368 g/mol. The molecule has 2 aromatic rings. The Hall–Kier alpha value is -0.650. The van der Waals surface area contributed by atoms with Gasteiger partial charge >= 0.3 is 0 Å². The molecule has 0 bridgehead atoms. The summed E-state index contributed by atoms with van der Waals surface area (Å²) in [6, 6.07) is 4.62. The van der Waals surface area contributed by atoms with Gasteiger partial charge in [-0.1, -0.05) is 19.3 Å². The van der Waals surface area contributed by atoms with Gasteiger partial charge in [-0.2, -0.15) is 5.10 Å². The number of aliphatic hydroxyl groups excluding tert-OH is 1. The summed E-state index contributed by atoms with van der Waals surface area (Å²) in [4.78, 5) is 2.21. The third-order valence-corrected chi connectivity index (χ3v) is 6.46. The zero-order valence-corrected chi connectivity index (χ0v) is 14.7. The van der Waals surface area contributed by atoms with Crippen LogP contribution in [0.3, 0.4) is 0 Å². The number of aromatic nitrogens is 2. The van der Waals surface area contributed by atoms with E-state index in [2.05, 4.69) is 38.8 Å². The first-order valence-electron chi connectivity index (χ1n) is 7.61. The molecule has 0 radical (unpaired) electrons. The van der Waals surface area contributed by atoms with Gasteiger partial charge in [-0.25, -0.2) is 0 Å². The van der Waals surface area contributed by atoms with E-state index in [1.807, 2.05) is 12.1 Å². The zero-order chi connectivity index (χ0) is 14.8. The Balaban J connectivity index is 1.66. The van der Waals surface area contributed by atoms with Gasteiger partial charge in [0.15, 0.2) is 0 Å². The van der Waals surface area contributed by atoms with Crippen LogP contribution in [0.15, 0.2) is 22.8 Å². The quantitative estimate of drug-likeness (QED) is 0.841. The van der Waals surface area contributed by atoms with Crippen LogP contribution in [0.2, 0.25) is 0 Å². The molecule has 1 atom stereocenters. The molecule has 1 saturated carbocycles. The van der Waals surface area contributed by atoms with Crippen molar-refractivity contribution >= 4 is 27.3 Å². The van der Waals surface area contributed by atoms with Gasteiger partial charge in [0.05, 0.1) is 17.8 Å². The summed E-state index contributed by atoms with van der Waals surface area (Å²) in [5.74, 6) is 0. The molecule has 0 saturated heterocycles.